The minimum Gasteiger partial charge on any atom is -0.355 e. The molecule has 1 heterocycles. The van der Waals surface area contributed by atoms with Gasteiger partial charge in [-0.3, -0.25) is 25.2 Å². The average Bonchev–Trinajstić information content (AvgIpc) is 3.22. The Balaban J connectivity index is 1.46. The summed E-state index contributed by atoms with van der Waals surface area (Å²) in [6.45, 7) is -0.354. The van der Waals surface area contributed by atoms with Crippen LogP contribution in [0.1, 0.15) is 20.8 Å². The van der Waals surface area contributed by atoms with Gasteiger partial charge >= 0.3 is 0 Å². The van der Waals surface area contributed by atoms with E-state index in [-0.39, 0.29) is 12.2 Å². The van der Waals surface area contributed by atoms with Gasteiger partial charge in [-0.15, -0.1) is 0 Å². The number of amides is 3. The quantitative estimate of drug-likeness (QED) is 0.570. The van der Waals surface area contributed by atoms with E-state index in [1.54, 1.807) is 12.1 Å². The van der Waals surface area contributed by atoms with Crippen LogP contribution in [0.5, 0.6) is 0 Å². The summed E-state index contributed by atoms with van der Waals surface area (Å²) in [6.07, 6.45) is 0. The predicted molar refractivity (Wildman–Crippen MR) is 101 cm³/mol. The van der Waals surface area contributed by atoms with Gasteiger partial charge in [0.25, 0.3) is 17.7 Å². The standard InChI is InChI=1S/C19H15ClN4O4/c20-14-8-6-13(7-9-14)18(26)23-22-17(25)11-21-19(27)15-10-16(28-24-15)12-4-2-1-3-5-12/h1-10H,11H2,(H,21,27)(H,22,25)(H,23,26). The van der Waals surface area contributed by atoms with Crippen molar-refractivity contribution in [1.29, 1.82) is 0 Å². The van der Waals surface area contributed by atoms with Crippen LogP contribution in [-0.2, 0) is 4.79 Å². The molecular weight excluding hydrogens is 384 g/mol. The first-order valence-corrected chi connectivity index (χ1v) is 8.56. The molecule has 0 aliphatic heterocycles. The third-order valence-corrected chi connectivity index (χ3v) is 3.88. The van der Waals surface area contributed by atoms with Crippen LogP contribution < -0.4 is 16.2 Å². The molecule has 0 aliphatic carbocycles. The third-order valence-electron chi connectivity index (χ3n) is 3.63. The van der Waals surface area contributed by atoms with Gasteiger partial charge < -0.3 is 9.84 Å². The van der Waals surface area contributed by atoms with Crippen molar-refractivity contribution < 1.29 is 18.9 Å². The fourth-order valence-electron chi connectivity index (χ4n) is 2.22. The van der Waals surface area contributed by atoms with E-state index in [0.29, 0.717) is 16.3 Å². The van der Waals surface area contributed by atoms with E-state index >= 15 is 0 Å². The van der Waals surface area contributed by atoms with Gasteiger partial charge in [0, 0.05) is 22.2 Å². The second-order valence-electron chi connectivity index (χ2n) is 5.63. The molecule has 28 heavy (non-hydrogen) atoms. The van der Waals surface area contributed by atoms with E-state index in [4.69, 9.17) is 16.1 Å². The summed E-state index contributed by atoms with van der Waals surface area (Å²) in [7, 11) is 0. The fourth-order valence-corrected chi connectivity index (χ4v) is 2.34. The van der Waals surface area contributed by atoms with Gasteiger partial charge in [0.2, 0.25) is 0 Å². The van der Waals surface area contributed by atoms with Crippen LogP contribution in [0.25, 0.3) is 11.3 Å². The van der Waals surface area contributed by atoms with Gasteiger partial charge in [-0.2, -0.15) is 0 Å². The van der Waals surface area contributed by atoms with E-state index in [1.807, 2.05) is 30.3 Å². The molecule has 0 fully saturated rings. The summed E-state index contributed by atoms with van der Waals surface area (Å²) in [5, 5.41) is 6.58. The molecule has 0 radical (unpaired) electrons. The first kappa shape index (κ1) is 19.1. The number of benzene rings is 2. The van der Waals surface area contributed by atoms with Gasteiger partial charge in [0.1, 0.15) is 0 Å². The number of nitrogens with zero attached hydrogens (tertiary/aromatic N) is 1. The highest BCUT2D eigenvalue weighted by Gasteiger charge is 2.15. The maximum Gasteiger partial charge on any atom is 0.273 e. The molecule has 0 spiro atoms. The van der Waals surface area contributed by atoms with Gasteiger partial charge in [-0.1, -0.05) is 47.1 Å². The lowest BCUT2D eigenvalue weighted by Crippen LogP contribution is -2.46. The number of hydrazine groups is 1. The Hall–Kier alpha value is -3.65. The van der Waals surface area contributed by atoms with E-state index in [1.165, 1.54) is 18.2 Å². The molecule has 0 unspecified atom stereocenters. The van der Waals surface area contributed by atoms with Crippen molar-refractivity contribution in [2.45, 2.75) is 0 Å². The molecule has 0 saturated heterocycles. The molecule has 0 saturated carbocycles. The summed E-state index contributed by atoms with van der Waals surface area (Å²) in [5.74, 6) is -1.27. The molecule has 3 N–H and O–H groups in total. The molecular formula is C19H15ClN4O4. The van der Waals surface area contributed by atoms with E-state index in [0.717, 1.165) is 5.56 Å². The largest absolute Gasteiger partial charge is 0.355 e. The minimum absolute atomic E-state index is 0.0388. The topological polar surface area (TPSA) is 113 Å². The highest BCUT2D eigenvalue weighted by Crippen LogP contribution is 2.19. The number of aromatic nitrogens is 1. The van der Waals surface area contributed by atoms with Crippen molar-refractivity contribution >= 4 is 29.3 Å². The zero-order chi connectivity index (χ0) is 19.9. The van der Waals surface area contributed by atoms with E-state index < -0.39 is 17.7 Å². The Bertz CT molecular complexity index is 987. The zero-order valence-electron chi connectivity index (χ0n) is 14.4. The van der Waals surface area contributed by atoms with Gasteiger partial charge in [0.15, 0.2) is 11.5 Å². The van der Waals surface area contributed by atoms with Crippen LogP contribution in [0.2, 0.25) is 5.02 Å². The van der Waals surface area contributed by atoms with Crippen LogP contribution in [0.4, 0.5) is 0 Å². The van der Waals surface area contributed by atoms with Crippen molar-refractivity contribution in [2.24, 2.45) is 0 Å². The van der Waals surface area contributed by atoms with Crippen molar-refractivity contribution in [3.05, 3.63) is 76.9 Å². The third kappa shape index (κ3) is 4.95. The summed E-state index contributed by atoms with van der Waals surface area (Å²) >= 11 is 5.75. The van der Waals surface area contributed by atoms with Gasteiger partial charge in [-0.25, -0.2) is 0 Å². The number of halogens is 1. The first-order chi connectivity index (χ1) is 13.5. The Morgan fingerprint density at radius 1 is 0.929 bits per heavy atom. The summed E-state index contributed by atoms with van der Waals surface area (Å²) in [5.41, 5.74) is 5.58. The van der Waals surface area contributed by atoms with E-state index in [2.05, 4.69) is 21.3 Å². The SMILES string of the molecule is O=C(CNC(=O)c1cc(-c2ccccc2)on1)NNC(=O)c1ccc(Cl)cc1. The lowest BCUT2D eigenvalue weighted by atomic mass is 10.1. The molecule has 3 amide bonds. The smallest absolute Gasteiger partial charge is 0.273 e. The summed E-state index contributed by atoms with van der Waals surface area (Å²) in [6, 6.07) is 16.8. The average molecular weight is 399 g/mol. The van der Waals surface area contributed by atoms with Crippen molar-refractivity contribution in [1.82, 2.24) is 21.3 Å². The zero-order valence-corrected chi connectivity index (χ0v) is 15.2. The minimum atomic E-state index is -0.609. The molecule has 9 heteroatoms. The second-order valence-corrected chi connectivity index (χ2v) is 6.07. The highest BCUT2D eigenvalue weighted by atomic mass is 35.5. The second kappa shape index (κ2) is 8.83. The fraction of sp³-hybridized carbons (Fsp3) is 0.0526. The maximum absolute atomic E-state index is 12.1. The van der Waals surface area contributed by atoms with Crippen LogP contribution in [0.15, 0.2) is 65.2 Å². The van der Waals surface area contributed by atoms with Gasteiger partial charge in [0.05, 0.1) is 6.54 Å². The number of hydrogen-bond donors (Lipinski definition) is 3. The molecule has 1 aromatic heterocycles. The number of hydrogen-bond acceptors (Lipinski definition) is 5. The Labute approximate surface area is 164 Å². The van der Waals surface area contributed by atoms with Crippen molar-refractivity contribution in [2.75, 3.05) is 6.54 Å². The molecule has 3 rings (SSSR count). The van der Waals surface area contributed by atoms with Crippen molar-refractivity contribution in [3.63, 3.8) is 0 Å². The van der Waals surface area contributed by atoms with Crippen LogP contribution in [0.3, 0.4) is 0 Å². The van der Waals surface area contributed by atoms with Crippen LogP contribution in [0, 0.1) is 0 Å². The number of rotatable bonds is 5. The Morgan fingerprint density at radius 2 is 1.64 bits per heavy atom. The van der Waals surface area contributed by atoms with Crippen LogP contribution in [-0.4, -0.2) is 29.4 Å². The number of nitrogens with one attached hydrogen (secondary N) is 3. The Kier molecular flexibility index (Phi) is 6.03. The normalized spacial score (nSPS) is 10.2. The predicted octanol–water partition coefficient (Wildman–Crippen LogP) is 2.19. The van der Waals surface area contributed by atoms with Gasteiger partial charge in [-0.05, 0) is 24.3 Å². The maximum atomic E-state index is 12.1. The molecule has 0 bridgehead atoms. The summed E-state index contributed by atoms with van der Waals surface area (Å²) < 4.78 is 5.14. The molecule has 2 aromatic carbocycles. The van der Waals surface area contributed by atoms with Crippen molar-refractivity contribution in [3.8, 4) is 11.3 Å². The first-order valence-electron chi connectivity index (χ1n) is 8.18. The Morgan fingerprint density at radius 3 is 2.36 bits per heavy atom. The molecule has 3 aromatic rings. The van der Waals surface area contributed by atoms with E-state index in [9.17, 15) is 14.4 Å². The number of carbonyl (C=O) groups excluding carboxylic acids is 3. The number of carbonyl (C=O) groups is 3. The van der Waals surface area contributed by atoms with Crippen LogP contribution >= 0.6 is 11.6 Å². The lowest BCUT2D eigenvalue weighted by Gasteiger charge is -2.07. The molecule has 142 valence electrons. The monoisotopic (exact) mass is 398 g/mol. The highest BCUT2D eigenvalue weighted by molar-refractivity contribution is 6.30. The lowest BCUT2D eigenvalue weighted by molar-refractivity contribution is -0.120. The molecule has 8 nitrogen and oxygen atoms in total. The summed E-state index contributed by atoms with van der Waals surface area (Å²) in [4.78, 5) is 35.7. The molecule has 0 atom stereocenters. The molecule has 0 aliphatic rings.